The van der Waals surface area contributed by atoms with E-state index >= 15 is 0 Å². The van der Waals surface area contributed by atoms with Crippen LogP contribution in [0.3, 0.4) is 0 Å². The van der Waals surface area contributed by atoms with Crippen molar-refractivity contribution >= 4 is 17.6 Å². The number of carbonyl (C=O) groups excluding carboxylic acids is 2. The minimum absolute atomic E-state index is 0.151. The number of oxazole rings is 1. The summed E-state index contributed by atoms with van der Waals surface area (Å²) in [6.07, 6.45) is 3.11. The molecule has 0 bridgehead atoms. The molecular weight excluding hydrogens is 392 g/mol. The van der Waals surface area contributed by atoms with Gasteiger partial charge in [0.05, 0.1) is 18.4 Å². The van der Waals surface area contributed by atoms with E-state index in [0.29, 0.717) is 41.8 Å². The molecule has 1 heterocycles. The van der Waals surface area contributed by atoms with Gasteiger partial charge in [0.2, 0.25) is 5.91 Å². The number of nitrogens with zero attached hydrogens (tertiary/aromatic N) is 1. The Bertz CT molecular complexity index is 1000. The van der Waals surface area contributed by atoms with E-state index < -0.39 is 0 Å². The minimum atomic E-state index is -0.363. The van der Waals surface area contributed by atoms with Gasteiger partial charge < -0.3 is 14.5 Å². The van der Waals surface area contributed by atoms with Gasteiger partial charge in [-0.3, -0.25) is 4.79 Å². The molecule has 0 aliphatic heterocycles. The van der Waals surface area contributed by atoms with Crippen molar-refractivity contribution in [3.8, 4) is 11.3 Å². The Morgan fingerprint density at radius 1 is 1.06 bits per heavy atom. The number of aromatic nitrogens is 1. The molecule has 31 heavy (non-hydrogen) atoms. The van der Waals surface area contributed by atoms with E-state index in [-0.39, 0.29) is 18.3 Å². The van der Waals surface area contributed by atoms with Crippen LogP contribution in [0.2, 0.25) is 0 Å². The quantitative estimate of drug-likeness (QED) is 0.456. The van der Waals surface area contributed by atoms with Gasteiger partial charge in [-0.05, 0) is 42.2 Å². The first kappa shape index (κ1) is 22.3. The lowest BCUT2D eigenvalue weighted by Crippen LogP contribution is -2.12. The third-order valence-electron chi connectivity index (χ3n) is 4.82. The van der Waals surface area contributed by atoms with Crippen LogP contribution in [0, 0.1) is 0 Å². The van der Waals surface area contributed by atoms with Crippen LogP contribution >= 0.6 is 0 Å². The Kier molecular flexibility index (Phi) is 7.60. The summed E-state index contributed by atoms with van der Waals surface area (Å²) in [6, 6.07) is 14.9. The monoisotopic (exact) mass is 420 g/mol. The average molecular weight is 421 g/mol. The Morgan fingerprint density at radius 3 is 2.42 bits per heavy atom. The van der Waals surface area contributed by atoms with Crippen molar-refractivity contribution in [2.24, 2.45) is 0 Å². The fraction of sp³-hybridized carbons (Fsp3) is 0.320. The lowest BCUT2D eigenvalue weighted by atomic mass is 10.0. The number of benzene rings is 2. The second-order valence-corrected chi connectivity index (χ2v) is 7.66. The standard InChI is InChI=1S/C25H28N2O4/c1-4-15-30-25(29)20-9-11-21(12-10-20)27-23(28)13-14-24-26-16-22(31-24)19-7-5-18(6-8-19)17(2)3/h5-12,16-17H,4,13-15H2,1-3H3,(H,27,28). The van der Waals surface area contributed by atoms with Gasteiger partial charge in [-0.25, -0.2) is 9.78 Å². The maximum absolute atomic E-state index is 12.3. The van der Waals surface area contributed by atoms with Gasteiger partial charge in [-0.1, -0.05) is 45.0 Å². The molecule has 0 spiro atoms. The maximum Gasteiger partial charge on any atom is 0.338 e. The summed E-state index contributed by atoms with van der Waals surface area (Å²) in [5.74, 6) is 1.17. The first-order chi connectivity index (χ1) is 15.0. The van der Waals surface area contributed by atoms with E-state index in [9.17, 15) is 9.59 Å². The third kappa shape index (κ3) is 6.28. The van der Waals surface area contributed by atoms with Crippen molar-refractivity contribution in [2.75, 3.05) is 11.9 Å². The number of ether oxygens (including phenoxy) is 1. The highest BCUT2D eigenvalue weighted by Crippen LogP contribution is 2.24. The molecule has 0 saturated heterocycles. The number of esters is 1. The summed E-state index contributed by atoms with van der Waals surface area (Å²) in [6.45, 7) is 6.64. The van der Waals surface area contributed by atoms with Crippen LogP contribution < -0.4 is 5.32 Å². The molecule has 6 heteroatoms. The number of nitrogens with one attached hydrogen (secondary N) is 1. The number of aryl methyl sites for hydroxylation is 1. The van der Waals surface area contributed by atoms with Gasteiger partial charge in [-0.2, -0.15) is 0 Å². The van der Waals surface area contributed by atoms with Crippen molar-refractivity contribution in [3.05, 3.63) is 71.7 Å². The summed E-state index contributed by atoms with van der Waals surface area (Å²) < 4.78 is 10.9. The molecule has 2 aromatic carbocycles. The van der Waals surface area contributed by atoms with Gasteiger partial charge in [0.25, 0.3) is 0 Å². The molecule has 0 aliphatic carbocycles. The smallest absolute Gasteiger partial charge is 0.338 e. The van der Waals surface area contributed by atoms with Crippen LogP contribution in [0.25, 0.3) is 11.3 Å². The van der Waals surface area contributed by atoms with Gasteiger partial charge in [-0.15, -0.1) is 0 Å². The van der Waals surface area contributed by atoms with E-state index in [0.717, 1.165) is 12.0 Å². The molecule has 3 rings (SSSR count). The largest absolute Gasteiger partial charge is 0.462 e. The number of carbonyl (C=O) groups is 2. The van der Waals surface area contributed by atoms with Crippen LogP contribution in [-0.2, 0) is 16.0 Å². The van der Waals surface area contributed by atoms with E-state index in [1.165, 1.54) is 5.56 Å². The number of rotatable bonds is 9. The Labute approximate surface area is 182 Å². The summed E-state index contributed by atoms with van der Waals surface area (Å²) in [5, 5.41) is 2.82. The molecule has 162 valence electrons. The molecule has 0 aliphatic rings. The van der Waals surface area contributed by atoms with Crippen LogP contribution in [0.15, 0.2) is 59.1 Å². The Morgan fingerprint density at radius 2 is 1.77 bits per heavy atom. The zero-order valence-electron chi connectivity index (χ0n) is 18.2. The van der Waals surface area contributed by atoms with Crippen LogP contribution in [0.1, 0.15) is 61.3 Å². The number of amides is 1. The molecule has 0 radical (unpaired) electrons. The molecular formula is C25H28N2O4. The van der Waals surface area contributed by atoms with Crippen LogP contribution in [0.4, 0.5) is 5.69 Å². The van der Waals surface area contributed by atoms with E-state index in [1.807, 2.05) is 19.1 Å². The minimum Gasteiger partial charge on any atom is -0.462 e. The molecule has 1 N–H and O–H groups in total. The fourth-order valence-electron chi connectivity index (χ4n) is 3.00. The topological polar surface area (TPSA) is 81.4 Å². The van der Waals surface area contributed by atoms with Crippen molar-refractivity contribution in [2.45, 2.75) is 46.0 Å². The van der Waals surface area contributed by atoms with Crippen molar-refractivity contribution in [1.82, 2.24) is 4.98 Å². The highest BCUT2D eigenvalue weighted by molar-refractivity contribution is 5.93. The molecule has 1 aromatic heterocycles. The van der Waals surface area contributed by atoms with Crippen molar-refractivity contribution in [3.63, 3.8) is 0 Å². The molecule has 0 saturated carbocycles. The van der Waals surface area contributed by atoms with Crippen molar-refractivity contribution < 1.29 is 18.7 Å². The van der Waals surface area contributed by atoms with E-state index in [4.69, 9.17) is 9.15 Å². The maximum atomic E-state index is 12.3. The van der Waals surface area contributed by atoms with Crippen molar-refractivity contribution in [1.29, 1.82) is 0 Å². The first-order valence-electron chi connectivity index (χ1n) is 10.6. The number of hydrogen-bond donors (Lipinski definition) is 1. The highest BCUT2D eigenvalue weighted by atomic mass is 16.5. The second kappa shape index (κ2) is 10.6. The van der Waals surface area contributed by atoms with Gasteiger partial charge in [0.15, 0.2) is 11.7 Å². The van der Waals surface area contributed by atoms with Crippen LogP contribution in [-0.4, -0.2) is 23.5 Å². The second-order valence-electron chi connectivity index (χ2n) is 7.66. The SMILES string of the molecule is CCCOC(=O)c1ccc(NC(=O)CCc2ncc(-c3ccc(C(C)C)cc3)o2)cc1. The molecule has 3 aromatic rings. The fourth-order valence-corrected chi connectivity index (χ4v) is 3.00. The zero-order valence-corrected chi connectivity index (χ0v) is 18.2. The average Bonchev–Trinajstić information content (AvgIpc) is 3.26. The normalized spacial score (nSPS) is 10.8. The summed E-state index contributed by atoms with van der Waals surface area (Å²) in [5.41, 5.74) is 3.31. The molecule has 0 fully saturated rings. The summed E-state index contributed by atoms with van der Waals surface area (Å²) in [7, 11) is 0. The third-order valence-corrected chi connectivity index (χ3v) is 4.82. The Balaban J connectivity index is 1.50. The molecule has 6 nitrogen and oxygen atoms in total. The van der Waals surface area contributed by atoms with Gasteiger partial charge >= 0.3 is 5.97 Å². The van der Waals surface area contributed by atoms with Gasteiger partial charge in [0, 0.05) is 24.1 Å². The van der Waals surface area contributed by atoms with E-state index in [1.54, 1.807) is 30.5 Å². The number of anilines is 1. The molecule has 0 unspecified atom stereocenters. The highest BCUT2D eigenvalue weighted by Gasteiger charge is 2.11. The number of hydrogen-bond acceptors (Lipinski definition) is 5. The lowest BCUT2D eigenvalue weighted by Gasteiger charge is -2.06. The van der Waals surface area contributed by atoms with Gasteiger partial charge in [0.1, 0.15) is 0 Å². The molecule has 1 amide bonds. The van der Waals surface area contributed by atoms with E-state index in [2.05, 4.69) is 36.3 Å². The Hall–Kier alpha value is -3.41. The summed E-state index contributed by atoms with van der Waals surface area (Å²) >= 11 is 0. The summed E-state index contributed by atoms with van der Waals surface area (Å²) in [4.78, 5) is 28.4. The first-order valence-corrected chi connectivity index (χ1v) is 10.6. The zero-order chi connectivity index (χ0) is 22.2. The lowest BCUT2D eigenvalue weighted by molar-refractivity contribution is -0.116. The predicted octanol–water partition coefficient (Wildman–Crippen LogP) is 5.60. The predicted molar refractivity (Wildman–Crippen MR) is 120 cm³/mol. The molecule has 0 atom stereocenters. The van der Waals surface area contributed by atoms with Crippen LogP contribution in [0.5, 0.6) is 0 Å².